The van der Waals surface area contributed by atoms with Crippen LogP contribution in [0.4, 0.5) is 0 Å². The van der Waals surface area contributed by atoms with Gasteiger partial charge in [-0.1, -0.05) is 107 Å². The van der Waals surface area contributed by atoms with Gasteiger partial charge in [-0.3, -0.25) is 0 Å². The molecule has 1 aliphatic heterocycles. The van der Waals surface area contributed by atoms with Crippen molar-refractivity contribution in [3.63, 3.8) is 0 Å². The van der Waals surface area contributed by atoms with Gasteiger partial charge >= 0.3 is 5.97 Å². The maximum absolute atomic E-state index is 13.3. The zero-order chi connectivity index (χ0) is 30.8. The standard InChI is InChI=1S/C36H46O6S/c1-7-8-21-38-23-31(41-33(37)27-15-11-9-12-16-27)35(43-32-22-29(36(4,5)6)20-19-25(32)2)42-30-24-39-34(40-26(30)3)28-17-13-10-14-18-28/h9-20,22,26,30-31,34-35H,7-8,21,23-24H2,1-6H3/t26-,30?,31-,34?,35-/m0/s1. The zero-order valence-corrected chi connectivity index (χ0v) is 27.1. The highest BCUT2D eigenvalue weighted by molar-refractivity contribution is 7.99. The predicted octanol–water partition coefficient (Wildman–Crippen LogP) is 8.27. The molecule has 43 heavy (non-hydrogen) atoms. The van der Waals surface area contributed by atoms with Crippen LogP contribution < -0.4 is 0 Å². The molecule has 0 aromatic heterocycles. The van der Waals surface area contributed by atoms with E-state index in [1.165, 1.54) is 5.56 Å². The summed E-state index contributed by atoms with van der Waals surface area (Å²) in [7, 11) is 0. The first kappa shape index (κ1) is 33.2. The van der Waals surface area contributed by atoms with Crippen molar-refractivity contribution in [1.29, 1.82) is 0 Å². The number of benzene rings is 3. The maximum atomic E-state index is 13.3. The van der Waals surface area contributed by atoms with Crippen molar-refractivity contribution in [3.05, 3.63) is 101 Å². The number of rotatable bonds is 13. The number of esters is 1. The second kappa shape index (κ2) is 15.9. The van der Waals surface area contributed by atoms with E-state index in [0.717, 1.165) is 28.9 Å². The topological polar surface area (TPSA) is 63.2 Å². The summed E-state index contributed by atoms with van der Waals surface area (Å²) in [6.07, 6.45) is 0.169. The van der Waals surface area contributed by atoms with E-state index in [0.29, 0.717) is 18.8 Å². The van der Waals surface area contributed by atoms with E-state index in [9.17, 15) is 4.79 Å². The summed E-state index contributed by atoms with van der Waals surface area (Å²) in [6, 6.07) is 25.5. The Morgan fingerprint density at radius 1 is 1.02 bits per heavy atom. The maximum Gasteiger partial charge on any atom is 0.338 e. The molecule has 0 radical (unpaired) electrons. The van der Waals surface area contributed by atoms with Crippen molar-refractivity contribution in [2.45, 2.75) is 94.7 Å². The molecule has 1 fully saturated rings. The monoisotopic (exact) mass is 606 g/mol. The van der Waals surface area contributed by atoms with Gasteiger partial charge in [-0.05, 0) is 55.0 Å². The number of hydrogen-bond donors (Lipinski definition) is 0. The molecule has 3 aromatic carbocycles. The van der Waals surface area contributed by atoms with Crippen LogP contribution >= 0.6 is 11.8 Å². The Labute approximate surface area is 261 Å². The van der Waals surface area contributed by atoms with Gasteiger partial charge in [-0.2, -0.15) is 0 Å². The summed E-state index contributed by atoms with van der Waals surface area (Å²) < 4.78 is 31.4. The van der Waals surface area contributed by atoms with Crippen LogP contribution in [0.5, 0.6) is 0 Å². The Hall–Kier alpha value is -2.68. The Morgan fingerprint density at radius 2 is 1.72 bits per heavy atom. The third-order valence-corrected chi connectivity index (χ3v) is 8.79. The molecule has 232 valence electrons. The molecule has 0 N–H and O–H groups in total. The number of ether oxygens (including phenoxy) is 5. The molecule has 7 heteroatoms. The lowest BCUT2D eigenvalue weighted by Gasteiger charge is -2.38. The number of carbonyl (C=O) groups excluding carboxylic acids is 1. The number of unbranched alkanes of at least 4 members (excludes halogenated alkanes) is 1. The molecule has 0 spiro atoms. The largest absolute Gasteiger partial charge is 0.453 e. The van der Waals surface area contributed by atoms with Gasteiger partial charge in [0.2, 0.25) is 0 Å². The summed E-state index contributed by atoms with van der Waals surface area (Å²) in [5.41, 5.74) is 3.20. The fraction of sp³-hybridized carbons (Fsp3) is 0.472. The molecular weight excluding hydrogens is 560 g/mol. The Morgan fingerprint density at radius 3 is 2.37 bits per heavy atom. The van der Waals surface area contributed by atoms with Crippen molar-refractivity contribution in [3.8, 4) is 0 Å². The van der Waals surface area contributed by atoms with Crippen LogP contribution in [0.1, 0.15) is 80.8 Å². The normalized spacial score (nSPS) is 20.4. The molecule has 1 heterocycles. The SMILES string of the molecule is CCCCOC[C@H](OC(=O)c1ccccc1)[C@@H](OC1COC(c2ccccc2)O[C@H]1C)Sc1cc(C(C)(C)C)ccc1C. The highest BCUT2D eigenvalue weighted by Crippen LogP contribution is 2.37. The van der Waals surface area contributed by atoms with Gasteiger partial charge in [0.1, 0.15) is 11.5 Å². The molecular formula is C36H46O6S. The lowest BCUT2D eigenvalue weighted by molar-refractivity contribution is -0.266. The van der Waals surface area contributed by atoms with Gasteiger partial charge in [0.05, 0.1) is 24.9 Å². The second-order valence-corrected chi connectivity index (χ2v) is 13.2. The first-order valence-electron chi connectivity index (χ1n) is 15.2. The van der Waals surface area contributed by atoms with E-state index in [1.54, 1.807) is 23.9 Å². The molecule has 4 rings (SSSR count). The van der Waals surface area contributed by atoms with Gasteiger partial charge in [0.25, 0.3) is 0 Å². The van der Waals surface area contributed by atoms with E-state index >= 15 is 0 Å². The summed E-state index contributed by atoms with van der Waals surface area (Å²) in [6.45, 7) is 14.0. The third-order valence-electron chi connectivity index (χ3n) is 7.45. The minimum atomic E-state index is -0.675. The molecule has 1 saturated heterocycles. The van der Waals surface area contributed by atoms with Gasteiger partial charge in [0, 0.05) is 17.1 Å². The summed E-state index contributed by atoms with van der Waals surface area (Å²) in [4.78, 5) is 14.4. The molecule has 2 unspecified atom stereocenters. The molecule has 6 nitrogen and oxygen atoms in total. The van der Waals surface area contributed by atoms with Crippen LogP contribution in [0.2, 0.25) is 0 Å². The van der Waals surface area contributed by atoms with Crippen molar-refractivity contribution in [1.82, 2.24) is 0 Å². The number of hydrogen-bond acceptors (Lipinski definition) is 7. The summed E-state index contributed by atoms with van der Waals surface area (Å²) in [5, 5.41) is 0. The van der Waals surface area contributed by atoms with Crippen LogP contribution in [0.15, 0.2) is 83.8 Å². The molecule has 1 aliphatic rings. The Kier molecular flexibility index (Phi) is 12.3. The van der Waals surface area contributed by atoms with Gasteiger partial charge in [-0.25, -0.2) is 4.79 Å². The van der Waals surface area contributed by atoms with E-state index < -0.39 is 23.8 Å². The van der Waals surface area contributed by atoms with E-state index in [2.05, 4.69) is 52.8 Å². The average Bonchev–Trinajstić information content (AvgIpc) is 3.00. The van der Waals surface area contributed by atoms with E-state index in [4.69, 9.17) is 23.7 Å². The van der Waals surface area contributed by atoms with Crippen LogP contribution in [0.25, 0.3) is 0 Å². The highest BCUT2D eigenvalue weighted by Gasteiger charge is 2.37. The molecule has 0 bridgehead atoms. The number of thioether (sulfide) groups is 1. The molecule has 5 atom stereocenters. The van der Waals surface area contributed by atoms with Crippen molar-refractivity contribution >= 4 is 17.7 Å². The first-order valence-corrected chi connectivity index (χ1v) is 16.1. The van der Waals surface area contributed by atoms with Crippen molar-refractivity contribution < 1.29 is 28.5 Å². The summed E-state index contributed by atoms with van der Waals surface area (Å²) >= 11 is 1.56. The van der Waals surface area contributed by atoms with Crippen LogP contribution in [-0.4, -0.2) is 49.5 Å². The van der Waals surface area contributed by atoms with E-state index in [-0.39, 0.29) is 24.2 Å². The van der Waals surface area contributed by atoms with Crippen LogP contribution in [0.3, 0.4) is 0 Å². The third kappa shape index (κ3) is 9.65. The Balaban J connectivity index is 1.61. The minimum absolute atomic E-state index is 0.0200. The first-order chi connectivity index (χ1) is 20.7. The quantitative estimate of drug-likeness (QED) is 0.0840. The van der Waals surface area contributed by atoms with Crippen molar-refractivity contribution in [2.24, 2.45) is 0 Å². The fourth-order valence-electron chi connectivity index (χ4n) is 4.65. The lowest BCUT2D eigenvalue weighted by Crippen LogP contribution is -2.46. The highest BCUT2D eigenvalue weighted by atomic mass is 32.2. The smallest absolute Gasteiger partial charge is 0.338 e. The predicted molar refractivity (Wildman–Crippen MR) is 171 cm³/mol. The number of aryl methyl sites for hydroxylation is 1. The number of carbonyl (C=O) groups is 1. The Bertz CT molecular complexity index is 1280. The molecule has 0 amide bonds. The lowest BCUT2D eigenvalue weighted by atomic mass is 9.87. The fourth-order valence-corrected chi connectivity index (χ4v) is 5.83. The summed E-state index contributed by atoms with van der Waals surface area (Å²) in [5.74, 6) is -0.410. The van der Waals surface area contributed by atoms with Crippen LogP contribution in [0, 0.1) is 6.92 Å². The van der Waals surface area contributed by atoms with Gasteiger partial charge in [0.15, 0.2) is 12.4 Å². The minimum Gasteiger partial charge on any atom is -0.453 e. The second-order valence-electron chi connectivity index (χ2n) is 12.0. The molecule has 3 aromatic rings. The average molecular weight is 607 g/mol. The van der Waals surface area contributed by atoms with E-state index in [1.807, 2.05) is 55.5 Å². The van der Waals surface area contributed by atoms with Gasteiger partial charge < -0.3 is 23.7 Å². The molecule has 0 saturated carbocycles. The van der Waals surface area contributed by atoms with Crippen molar-refractivity contribution in [2.75, 3.05) is 19.8 Å². The zero-order valence-electron chi connectivity index (χ0n) is 26.3. The van der Waals surface area contributed by atoms with Gasteiger partial charge in [-0.15, -0.1) is 0 Å². The molecule has 0 aliphatic carbocycles. The van der Waals surface area contributed by atoms with Crippen LogP contribution in [-0.2, 0) is 29.1 Å².